The summed E-state index contributed by atoms with van der Waals surface area (Å²) in [4.78, 5) is 26.6. The lowest BCUT2D eigenvalue weighted by atomic mass is 10.2. The number of hydrogen-bond acceptors (Lipinski definition) is 6. The maximum absolute atomic E-state index is 13.4. The van der Waals surface area contributed by atoms with E-state index in [2.05, 4.69) is 14.9 Å². The van der Waals surface area contributed by atoms with Crippen LogP contribution in [-0.2, 0) is 11.3 Å². The van der Waals surface area contributed by atoms with Crippen molar-refractivity contribution in [1.82, 2.24) is 14.5 Å². The smallest absolute Gasteiger partial charge is 0.261 e. The number of ether oxygens (including phenoxy) is 1. The Bertz CT molecular complexity index is 1070. The van der Waals surface area contributed by atoms with Gasteiger partial charge in [0.25, 0.3) is 5.91 Å². The van der Waals surface area contributed by atoms with Gasteiger partial charge in [0.2, 0.25) is 0 Å². The molecule has 1 amide bonds. The lowest BCUT2D eigenvalue weighted by Gasteiger charge is -2.28. The Kier molecular flexibility index (Phi) is 5.69. The minimum Gasteiger partial charge on any atom is -0.395 e. The topological polar surface area (TPSA) is 83.7 Å². The van der Waals surface area contributed by atoms with Gasteiger partial charge in [0.15, 0.2) is 5.82 Å². The summed E-state index contributed by atoms with van der Waals surface area (Å²) in [7, 11) is 1.77. The van der Waals surface area contributed by atoms with Gasteiger partial charge in [-0.3, -0.25) is 4.79 Å². The van der Waals surface area contributed by atoms with Crippen LogP contribution in [0.2, 0.25) is 0 Å². The number of anilines is 2. The zero-order valence-electron chi connectivity index (χ0n) is 17.6. The molecule has 8 nitrogen and oxygen atoms in total. The summed E-state index contributed by atoms with van der Waals surface area (Å²) in [6.45, 7) is 6.87. The van der Waals surface area contributed by atoms with Gasteiger partial charge in [-0.05, 0) is 31.5 Å². The van der Waals surface area contributed by atoms with Crippen molar-refractivity contribution in [3.63, 3.8) is 0 Å². The second-order valence-corrected chi connectivity index (χ2v) is 7.55. The molecule has 3 heterocycles. The maximum atomic E-state index is 13.4. The Morgan fingerprint density at radius 2 is 2.00 bits per heavy atom. The maximum Gasteiger partial charge on any atom is 0.261 e. The van der Waals surface area contributed by atoms with Crippen molar-refractivity contribution in [2.45, 2.75) is 20.4 Å². The number of nitrogens with zero attached hydrogens (tertiary/aromatic N) is 5. The zero-order valence-corrected chi connectivity index (χ0v) is 17.6. The van der Waals surface area contributed by atoms with Crippen LogP contribution in [0.25, 0.3) is 11.0 Å². The Labute approximate surface area is 175 Å². The molecule has 1 aliphatic heterocycles. The van der Waals surface area contributed by atoms with Gasteiger partial charge in [-0.1, -0.05) is 12.1 Å². The number of aliphatic hydroxyl groups excluding tert-OH is 1. The highest BCUT2D eigenvalue weighted by molar-refractivity contribution is 6.14. The van der Waals surface area contributed by atoms with Crippen molar-refractivity contribution in [3.8, 4) is 0 Å². The molecule has 0 radical (unpaired) electrons. The number of amides is 1. The number of aliphatic hydroxyl groups is 1. The molecular formula is C22H27N5O3. The Hall–Kier alpha value is -2.97. The monoisotopic (exact) mass is 409 g/mol. The molecular weight excluding hydrogens is 382 g/mol. The highest BCUT2D eigenvalue weighted by Gasteiger charge is 2.26. The number of aryl methyl sites for hydroxylation is 2. The Morgan fingerprint density at radius 1 is 1.23 bits per heavy atom. The molecule has 4 rings (SSSR count). The number of aromatic nitrogens is 3. The fourth-order valence-electron chi connectivity index (χ4n) is 3.86. The summed E-state index contributed by atoms with van der Waals surface area (Å²) in [6, 6.07) is 7.83. The predicted octanol–water partition coefficient (Wildman–Crippen LogP) is 2.15. The summed E-state index contributed by atoms with van der Waals surface area (Å²) >= 11 is 0. The number of fused-ring (bicyclic) bond motifs is 1. The van der Waals surface area contributed by atoms with E-state index in [9.17, 15) is 9.90 Å². The number of hydrogen-bond donors (Lipinski definition) is 1. The van der Waals surface area contributed by atoms with E-state index in [1.807, 2.05) is 42.7 Å². The second-order valence-electron chi connectivity index (χ2n) is 7.55. The fraction of sp³-hybridized carbons (Fsp3) is 0.409. The van der Waals surface area contributed by atoms with Gasteiger partial charge in [-0.2, -0.15) is 0 Å². The largest absolute Gasteiger partial charge is 0.395 e. The molecule has 0 unspecified atom stereocenters. The van der Waals surface area contributed by atoms with Crippen LogP contribution in [0.15, 0.2) is 30.5 Å². The highest BCUT2D eigenvalue weighted by atomic mass is 16.5. The molecule has 0 saturated carbocycles. The zero-order chi connectivity index (χ0) is 21.3. The third kappa shape index (κ3) is 3.76. The van der Waals surface area contributed by atoms with Gasteiger partial charge < -0.3 is 24.2 Å². The lowest BCUT2D eigenvalue weighted by molar-refractivity contribution is 0.0994. The average Bonchev–Trinajstić information content (AvgIpc) is 3.11. The van der Waals surface area contributed by atoms with Crippen molar-refractivity contribution in [3.05, 3.63) is 47.4 Å². The minimum absolute atomic E-state index is 0.0401. The van der Waals surface area contributed by atoms with Gasteiger partial charge in [0.1, 0.15) is 16.9 Å². The van der Waals surface area contributed by atoms with Gasteiger partial charge in [0.05, 0.1) is 25.4 Å². The summed E-state index contributed by atoms with van der Waals surface area (Å²) in [6.07, 6.45) is 1.79. The normalized spacial score (nSPS) is 14.3. The molecule has 3 aromatic rings. The molecule has 1 N–H and O–H groups in total. The number of benzene rings is 1. The number of carbonyl (C=O) groups is 1. The van der Waals surface area contributed by atoms with Gasteiger partial charge in [0, 0.05) is 38.6 Å². The molecule has 0 atom stereocenters. The second kappa shape index (κ2) is 8.41. The minimum atomic E-state index is -0.145. The van der Waals surface area contributed by atoms with Crippen LogP contribution in [0.4, 0.5) is 11.5 Å². The van der Waals surface area contributed by atoms with E-state index in [1.165, 1.54) is 0 Å². The molecule has 1 aromatic carbocycles. The van der Waals surface area contributed by atoms with E-state index in [1.54, 1.807) is 18.1 Å². The van der Waals surface area contributed by atoms with Crippen molar-refractivity contribution in [1.29, 1.82) is 0 Å². The lowest BCUT2D eigenvalue weighted by Crippen LogP contribution is -2.37. The summed E-state index contributed by atoms with van der Waals surface area (Å²) in [5.41, 5.74) is 3.80. The van der Waals surface area contributed by atoms with Crippen LogP contribution in [0, 0.1) is 13.8 Å². The molecule has 1 saturated heterocycles. The van der Waals surface area contributed by atoms with E-state index in [-0.39, 0.29) is 12.5 Å². The first kappa shape index (κ1) is 20.3. The third-order valence-electron chi connectivity index (χ3n) is 5.38. The van der Waals surface area contributed by atoms with E-state index < -0.39 is 0 Å². The van der Waals surface area contributed by atoms with Crippen molar-refractivity contribution in [2.75, 3.05) is 49.8 Å². The quantitative estimate of drug-likeness (QED) is 0.695. The summed E-state index contributed by atoms with van der Waals surface area (Å²) in [5.74, 6) is 1.25. The van der Waals surface area contributed by atoms with Crippen molar-refractivity contribution < 1.29 is 14.6 Å². The van der Waals surface area contributed by atoms with Crippen molar-refractivity contribution in [2.24, 2.45) is 0 Å². The molecule has 2 aromatic heterocycles. The van der Waals surface area contributed by atoms with Gasteiger partial charge in [-0.15, -0.1) is 0 Å². The molecule has 1 fully saturated rings. The Balaban J connectivity index is 1.84. The average molecular weight is 409 g/mol. The van der Waals surface area contributed by atoms with Crippen LogP contribution < -0.4 is 9.80 Å². The molecule has 8 heteroatoms. The summed E-state index contributed by atoms with van der Waals surface area (Å²) in [5, 5.41) is 9.61. The predicted molar refractivity (Wildman–Crippen MR) is 116 cm³/mol. The van der Waals surface area contributed by atoms with Crippen LogP contribution in [0.1, 0.15) is 21.7 Å². The van der Waals surface area contributed by atoms with Crippen LogP contribution in [0.3, 0.4) is 0 Å². The summed E-state index contributed by atoms with van der Waals surface area (Å²) < 4.78 is 7.37. The first-order valence-electron chi connectivity index (χ1n) is 10.2. The van der Waals surface area contributed by atoms with E-state index in [0.29, 0.717) is 36.7 Å². The number of morpholine rings is 1. The van der Waals surface area contributed by atoms with Crippen LogP contribution in [0.5, 0.6) is 0 Å². The SMILES string of the molecule is Cc1cccc(N(C)C(=O)c2cn(CCO)c3c(N4CCOCC4)nc(C)nc23)c1. The van der Waals surface area contributed by atoms with Crippen LogP contribution in [-0.4, -0.2) is 65.5 Å². The third-order valence-corrected chi connectivity index (χ3v) is 5.38. The Morgan fingerprint density at radius 3 is 2.70 bits per heavy atom. The molecule has 0 aliphatic carbocycles. The first-order chi connectivity index (χ1) is 14.5. The van der Waals surface area contributed by atoms with Gasteiger partial charge in [-0.25, -0.2) is 9.97 Å². The fourth-order valence-corrected chi connectivity index (χ4v) is 3.86. The van der Waals surface area contributed by atoms with Gasteiger partial charge >= 0.3 is 0 Å². The molecule has 0 bridgehead atoms. The molecule has 30 heavy (non-hydrogen) atoms. The number of rotatable bonds is 5. The van der Waals surface area contributed by atoms with E-state index in [4.69, 9.17) is 4.74 Å². The van der Waals surface area contributed by atoms with Crippen LogP contribution >= 0.6 is 0 Å². The van der Waals surface area contributed by atoms with Crippen molar-refractivity contribution >= 4 is 28.4 Å². The number of carbonyl (C=O) groups excluding carboxylic acids is 1. The van der Waals surface area contributed by atoms with E-state index >= 15 is 0 Å². The molecule has 158 valence electrons. The molecule has 1 aliphatic rings. The highest BCUT2D eigenvalue weighted by Crippen LogP contribution is 2.30. The molecule has 0 spiro atoms. The standard InChI is InChI=1S/C22H27N5O3/c1-15-5-4-6-17(13-15)25(3)22(29)18-14-27(7-10-28)20-19(18)23-16(2)24-21(20)26-8-11-30-12-9-26/h4-6,13-14,28H,7-12H2,1-3H3. The van der Waals surface area contributed by atoms with E-state index in [0.717, 1.165) is 35.7 Å². The first-order valence-corrected chi connectivity index (χ1v) is 10.2.